The molecule has 3 heteroatoms. The van der Waals surface area contributed by atoms with Crippen molar-refractivity contribution in [2.24, 2.45) is 5.41 Å². The second kappa shape index (κ2) is 5.65. The van der Waals surface area contributed by atoms with Gasteiger partial charge in [-0.05, 0) is 53.0 Å². The molecule has 0 spiro atoms. The number of hydrogen-bond donors (Lipinski definition) is 1. The minimum Gasteiger partial charge on any atom is -0.380 e. The Morgan fingerprint density at radius 3 is 2.81 bits per heavy atom. The first-order chi connectivity index (χ1) is 7.47. The zero-order valence-electron chi connectivity index (χ0n) is 10.8. The molecule has 92 valence electrons. The van der Waals surface area contributed by atoms with Crippen LogP contribution in [0.1, 0.15) is 46.5 Å². The van der Waals surface area contributed by atoms with Gasteiger partial charge in [-0.3, -0.25) is 0 Å². The van der Waals surface area contributed by atoms with Crippen molar-refractivity contribution in [2.75, 3.05) is 19.8 Å². The normalized spacial score (nSPS) is 26.4. The van der Waals surface area contributed by atoms with Gasteiger partial charge >= 0.3 is 0 Å². The molecule has 0 aromatic rings. The Morgan fingerprint density at radius 1 is 1.50 bits per heavy atom. The van der Waals surface area contributed by atoms with Crippen molar-refractivity contribution in [3.8, 4) is 6.07 Å². The molecule has 1 rings (SSSR count). The van der Waals surface area contributed by atoms with Gasteiger partial charge in [-0.15, -0.1) is 0 Å². The highest BCUT2D eigenvalue weighted by Crippen LogP contribution is 2.21. The molecule has 16 heavy (non-hydrogen) atoms. The van der Waals surface area contributed by atoms with Crippen molar-refractivity contribution in [1.29, 1.82) is 5.26 Å². The van der Waals surface area contributed by atoms with E-state index >= 15 is 0 Å². The van der Waals surface area contributed by atoms with Gasteiger partial charge in [0.1, 0.15) is 0 Å². The van der Waals surface area contributed by atoms with Gasteiger partial charge in [-0.2, -0.15) is 5.26 Å². The summed E-state index contributed by atoms with van der Waals surface area (Å²) in [5, 5.41) is 12.5. The fraction of sp³-hybridized carbons (Fsp3) is 0.923. The summed E-state index contributed by atoms with van der Waals surface area (Å²) in [7, 11) is 0. The highest BCUT2D eigenvalue weighted by Gasteiger charge is 2.26. The number of ether oxygens (including phenoxy) is 1. The van der Waals surface area contributed by atoms with Crippen LogP contribution in [0.25, 0.3) is 0 Å². The van der Waals surface area contributed by atoms with E-state index in [0.717, 1.165) is 39.0 Å². The van der Waals surface area contributed by atoms with Crippen molar-refractivity contribution in [2.45, 2.75) is 52.0 Å². The van der Waals surface area contributed by atoms with E-state index in [2.05, 4.69) is 18.3 Å². The Morgan fingerprint density at radius 2 is 2.25 bits per heavy atom. The van der Waals surface area contributed by atoms with Crippen LogP contribution in [0.2, 0.25) is 0 Å². The van der Waals surface area contributed by atoms with Crippen LogP contribution < -0.4 is 5.32 Å². The molecule has 1 aliphatic heterocycles. The van der Waals surface area contributed by atoms with E-state index in [1.807, 2.05) is 13.8 Å². The van der Waals surface area contributed by atoms with E-state index in [1.54, 1.807) is 0 Å². The van der Waals surface area contributed by atoms with E-state index in [-0.39, 0.29) is 11.0 Å². The summed E-state index contributed by atoms with van der Waals surface area (Å²) < 4.78 is 5.49. The Hall–Kier alpha value is -0.590. The van der Waals surface area contributed by atoms with Gasteiger partial charge in [-0.25, -0.2) is 0 Å². The molecule has 0 aromatic heterocycles. The molecule has 0 aromatic carbocycles. The zero-order chi connectivity index (χ0) is 12.1. The third-order valence-corrected chi connectivity index (χ3v) is 3.27. The Kier molecular flexibility index (Phi) is 4.76. The molecule has 0 radical (unpaired) electrons. The molecule has 1 atom stereocenters. The smallest absolute Gasteiger partial charge is 0.0683 e. The predicted molar refractivity (Wildman–Crippen MR) is 65.1 cm³/mol. The van der Waals surface area contributed by atoms with Crippen molar-refractivity contribution >= 4 is 0 Å². The minimum atomic E-state index is -0.189. The van der Waals surface area contributed by atoms with E-state index in [9.17, 15) is 0 Å². The van der Waals surface area contributed by atoms with E-state index in [4.69, 9.17) is 10.00 Å². The Bertz CT molecular complexity index is 249. The quantitative estimate of drug-likeness (QED) is 0.730. The number of nitriles is 1. The predicted octanol–water partition coefficient (Wildman–Crippen LogP) is 2.48. The summed E-state index contributed by atoms with van der Waals surface area (Å²) in [5.41, 5.74) is -0.0410. The van der Waals surface area contributed by atoms with Crippen LogP contribution in [-0.4, -0.2) is 25.3 Å². The molecule has 3 nitrogen and oxygen atoms in total. The van der Waals surface area contributed by atoms with Crippen LogP contribution >= 0.6 is 0 Å². The van der Waals surface area contributed by atoms with Crippen molar-refractivity contribution in [3.63, 3.8) is 0 Å². The van der Waals surface area contributed by atoms with Gasteiger partial charge in [0.15, 0.2) is 0 Å². The van der Waals surface area contributed by atoms with Gasteiger partial charge < -0.3 is 10.1 Å². The fourth-order valence-corrected chi connectivity index (χ4v) is 2.05. The summed E-state index contributed by atoms with van der Waals surface area (Å²) in [6.07, 6.45) is 4.34. The lowest BCUT2D eigenvalue weighted by Crippen LogP contribution is -2.49. The molecule has 1 unspecified atom stereocenters. The van der Waals surface area contributed by atoms with Gasteiger partial charge in [-0.1, -0.05) is 0 Å². The topological polar surface area (TPSA) is 45.0 Å². The highest BCUT2D eigenvalue weighted by molar-refractivity contribution is 4.92. The first-order valence-corrected chi connectivity index (χ1v) is 6.22. The zero-order valence-corrected chi connectivity index (χ0v) is 10.8. The molecule has 1 fully saturated rings. The maximum atomic E-state index is 8.90. The van der Waals surface area contributed by atoms with Crippen molar-refractivity contribution < 1.29 is 4.74 Å². The lowest BCUT2D eigenvalue weighted by Gasteiger charge is -2.34. The molecular weight excluding hydrogens is 200 g/mol. The van der Waals surface area contributed by atoms with Crippen LogP contribution in [0.15, 0.2) is 0 Å². The molecule has 1 aliphatic rings. The van der Waals surface area contributed by atoms with Crippen LogP contribution in [0, 0.1) is 16.7 Å². The Labute approximate surface area is 99.2 Å². The summed E-state index contributed by atoms with van der Waals surface area (Å²) in [4.78, 5) is 0. The van der Waals surface area contributed by atoms with E-state index < -0.39 is 0 Å². The summed E-state index contributed by atoms with van der Waals surface area (Å²) in [5.74, 6) is 0. The lowest BCUT2D eigenvalue weighted by atomic mass is 9.89. The van der Waals surface area contributed by atoms with E-state index in [0.29, 0.717) is 0 Å². The molecule has 1 N–H and O–H groups in total. The minimum absolute atomic E-state index is 0.148. The van der Waals surface area contributed by atoms with Gasteiger partial charge in [0.2, 0.25) is 0 Å². The van der Waals surface area contributed by atoms with Gasteiger partial charge in [0.25, 0.3) is 0 Å². The summed E-state index contributed by atoms with van der Waals surface area (Å²) >= 11 is 0. The second-order valence-electron chi connectivity index (χ2n) is 5.74. The third-order valence-electron chi connectivity index (χ3n) is 3.27. The number of rotatable bonds is 5. The summed E-state index contributed by atoms with van der Waals surface area (Å²) in [6.45, 7) is 8.91. The molecule has 1 saturated heterocycles. The van der Waals surface area contributed by atoms with Crippen LogP contribution in [0.4, 0.5) is 0 Å². The maximum Gasteiger partial charge on any atom is 0.0683 e. The molecular formula is C13H24N2O. The molecule has 0 amide bonds. The second-order valence-corrected chi connectivity index (χ2v) is 5.74. The molecule has 0 bridgehead atoms. The first kappa shape index (κ1) is 13.5. The first-order valence-electron chi connectivity index (χ1n) is 6.22. The van der Waals surface area contributed by atoms with Crippen molar-refractivity contribution in [3.05, 3.63) is 0 Å². The van der Waals surface area contributed by atoms with Crippen molar-refractivity contribution in [1.82, 2.24) is 5.32 Å². The van der Waals surface area contributed by atoms with Crippen LogP contribution in [0.3, 0.4) is 0 Å². The largest absolute Gasteiger partial charge is 0.380 e. The summed E-state index contributed by atoms with van der Waals surface area (Å²) in [6, 6.07) is 2.34. The highest BCUT2D eigenvalue weighted by atomic mass is 16.5. The molecule has 0 saturated carbocycles. The third kappa shape index (κ3) is 4.51. The van der Waals surface area contributed by atoms with E-state index in [1.165, 1.54) is 6.42 Å². The SMILES string of the molecule is CC(C)(C#N)CCCNC1(C)CCCOC1. The fourth-order valence-electron chi connectivity index (χ4n) is 2.05. The molecule has 1 heterocycles. The Balaban J connectivity index is 2.18. The average molecular weight is 224 g/mol. The van der Waals surface area contributed by atoms with Gasteiger partial charge in [0, 0.05) is 12.1 Å². The number of nitrogens with one attached hydrogen (secondary N) is 1. The van der Waals surface area contributed by atoms with Gasteiger partial charge in [0.05, 0.1) is 18.1 Å². The monoisotopic (exact) mass is 224 g/mol. The number of nitrogens with zero attached hydrogens (tertiary/aromatic N) is 1. The average Bonchev–Trinajstić information content (AvgIpc) is 2.26. The standard InChI is InChI=1S/C13H24N2O/c1-12(2,10-14)6-4-8-15-13(3)7-5-9-16-11-13/h15H,4-9,11H2,1-3H3. The number of hydrogen-bond acceptors (Lipinski definition) is 3. The maximum absolute atomic E-state index is 8.90. The lowest BCUT2D eigenvalue weighted by molar-refractivity contribution is 0.0284. The molecule has 0 aliphatic carbocycles. The van der Waals surface area contributed by atoms with Crippen LogP contribution in [0.5, 0.6) is 0 Å². The van der Waals surface area contributed by atoms with Crippen LogP contribution in [-0.2, 0) is 4.74 Å².